The molecule has 0 unspecified atom stereocenters. The summed E-state index contributed by atoms with van der Waals surface area (Å²) >= 11 is 0. The van der Waals surface area contributed by atoms with E-state index in [1.165, 1.54) is 14.0 Å². The number of amides is 2. The number of pyridine rings is 1. The van der Waals surface area contributed by atoms with Gasteiger partial charge >= 0.3 is 5.97 Å². The van der Waals surface area contributed by atoms with Gasteiger partial charge in [-0.15, -0.1) is 0 Å². The van der Waals surface area contributed by atoms with Gasteiger partial charge in [-0.05, 0) is 24.3 Å². The zero-order valence-corrected chi connectivity index (χ0v) is 15.8. The molecule has 8 nitrogen and oxygen atoms in total. The highest BCUT2D eigenvalue weighted by molar-refractivity contribution is 5.96. The fourth-order valence-electron chi connectivity index (χ4n) is 3.02. The van der Waals surface area contributed by atoms with Gasteiger partial charge in [0.2, 0.25) is 5.91 Å². The van der Waals surface area contributed by atoms with Crippen molar-refractivity contribution >= 4 is 29.2 Å². The van der Waals surface area contributed by atoms with Gasteiger partial charge in [0.25, 0.3) is 5.91 Å². The summed E-state index contributed by atoms with van der Waals surface area (Å²) in [5, 5.41) is 3.12. The van der Waals surface area contributed by atoms with Crippen LogP contribution >= 0.6 is 0 Å². The first-order valence-corrected chi connectivity index (χ1v) is 8.95. The molecule has 1 aromatic heterocycles. The summed E-state index contributed by atoms with van der Waals surface area (Å²) < 4.78 is 4.79. The zero-order chi connectivity index (χ0) is 20.1. The van der Waals surface area contributed by atoms with Crippen LogP contribution in [0.3, 0.4) is 0 Å². The molecule has 1 fully saturated rings. The maximum Gasteiger partial charge on any atom is 0.339 e. The topological polar surface area (TPSA) is 91.8 Å². The number of ether oxygens (including phenoxy) is 1. The van der Waals surface area contributed by atoms with Crippen molar-refractivity contribution in [2.45, 2.75) is 6.92 Å². The molecule has 3 rings (SSSR count). The first kappa shape index (κ1) is 19.3. The highest BCUT2D eigenvalue weighted by atomic mass is 16.5. The number of hydrogen-bond acceptors (Lipinski definition) is 6. The van der Waals surface area contributed by atoms with Gasteiger partial charge in [-0.2, -0.15) is 0 Å². The molecule has 0 atom stereocenters. The van der Waals surface area contributed by atoms with Gasteiger partial charge in [0.05, 0.1) is 30.2 Å². The van der Waals surface area contributed by atoms with Crippen LogP contribution in [0.4, 0.5) is 11.4 Å². The summed E-state index contributed by atoms with van der Waals surface area (Å²) in [6, 6.07) is 10.4. The molecule has 146 valence electrons. The Morgan fingerprint density at radius 1 is 1.00 bits per heavy atom. The van der Waals surface area contributed by atoms with Crippen LogP contribution in [0.1, 0.15) is 27.8 Å². The Kier molecular flexibility index (Phi) is 5.88. The molecule has 28 heavy (non-hydrogen) atoms. The van der Waals surface area contributed by atoms with E-state index in [2.05, 4.69) is 10.3 Å². The van der Waals surface area contributed by atoms with E-state index in [1.54, 1.807) is 52.4 Å². The third-order valence-electron chi connectivity index (χ3n) is 4.61. The second-order valence-corrected chi connectivity index (χ2v) is 6.39. The summed E-state index contributed by atoms with van der Waals surface area (Å²) in [5.74, 6) is -0.579. The second-order valence-electron chi connectivity index (χ2n) is 6.39. The van der Waals surface area contributed by atoms with Gasteiger partial charge in [0.1, 0.15) is 5.69 Å². The molecule has 8 heteroatoms. The van der Waals surface area contributed by atoms with E-state index in [1.807, 2.05) is 0 Å². The predicted octanol–water partition coefficient (Wildman–Crippen LogP) is 1.92. The quantitative estimate of drug-likeness (QED) is 0.813. The van der Waals surface area contributed by atoms with Crippen molar-refractivity contribution in [1.29, 1.82) is 0 Å². The number of anilines is 2. The molecule has 1 aromatic carbocycles. The monoisotopic (exact) mass is 382 g/mol. The van der Waals surface area contributed by atoms with Crippen LogP contribution in [-0.2, 0) is 9.53 Å². The number of carbonyl (C=O) groups excluding carboxylic acids is 3. The predicted molar refractivity (Wildman–Crippen MR) is 103 cm³/mol. The van der Waals surface area contributed by atoms with Crippen molar-refractivity contribution in [3.63, 3.8) is 0 Å². The number of carbonyl (C=O) groups is 3. The number of piperazine rings is 1. The lowest BCUT2D eigenvalue weighted by Gasteiger charge is -2.34. The van der Waals surface area contributed by atoms with Crippen LogP contribution in [0.5, 0.6) is 0 Å². The van der Waals surface area contributed by atoms with Gasteiger partial charge in [-0.25, -0.2) is 9.78 Å². The van der Waals surface area contributed by atoms with Crippen LogP contribution in [-0.4, -0.2) is 65.9 Å². The van der Waals surface area contributed by atoms with E-state index in [0.717, 1.165) is 0 Å². The van der Waals surface area contributed by atoms with Crippen LogP contribution in [0.15, 0.2) is 42.6 Å². The van der Waals surface area contributed by atoms with E-state index in [-0.39, 0.29) is 11.8 Å². The van der Waals surface area contributed by atoms with Crippen molar-refractivity contribution in [3.8, 4) is 0 Å². The Hall–Kier alpha value is -3.42. The number of esters is 1. The maximum atomic E-state index is 12.6. The molecule has 0 saturated carbocycles. The Morgan fingerprint density at radius 3 is 2.29 bits per heavy atom. The molecule has 0 radical (unpaired) electrons. The Balaban J connectivity index is 1.67. The van der Waals surface area contributed by atoms with Crippen LogP contribution in [0, 0.1) is 0 Å². The Morgan fingerprint density at radius 2 is 1.68 bits per heavy atom. The first-order chi connectivity index (χ1) is 13.5. The minimum atomic E-state index is -0.437. The molecule has 0 bridgehead atoms. The normalized spacial score (nSPS) is 13.8. The van der Waals surface area contributed by atoms with Crippen LogP contribution in [0.2, 0.25) is 0 Å². The van der Waals surface area contributed by atoms with Gasteiger partial charge in [0.15, 0.2) is 0 Å². The van der Waals surface area contributed by atoms with Crippen molar-refractivity contribution < 1.29 is 19.1 Å². The van der Waals surface area contributed by atoms with Gasteiger partial charge in [-0.1, -0.05) is 12.1 Å². The summed E-state index contributed by atoms with van der Waals surface area (Å²) in [7, 11) is 1.33. The lowest BCUT2D eigenvalue weighted by atomic mass is 10.1. The number of nitrogens with zero attached hydrogens (tertiary/aromatic N) is 3. The summed E-state index contributed by atoms with van der Waals surface area (Å²) in [6.07, 6.45) is 1.55. The van der Waals surface area contributed by atoms with Gasteiger partial charge < -0.3 is 19.9 Å². The Bertz CT molecular complexity index is 874. The lowest BCUT2D eigenvalue weighted by Crippen LogP contribution is -2.50. The number of rotatable bonds is 4. The molecule has 1 N–H and O–H groups in total. The van der Waals surface area contributed by atoms with Crippen molar-refractivity contribution in [2.24, 2.45) is 0 Å². The molecule has 1 aliphatic heterocycles. The molecule has 2 aromatic rings. The standard InChI is InChI=1S/C20H22N4O4/c1-14(25)23-9-11-24(12-10-23)19(26)18-8-7-15(13-21-18)22-17-6-4-3-5-16(17)20(27)28-2/h3-8,13,22H,9-12H2,1-2H3. The summed E-state index contributed by atoms with van der Waals surface area (Å²) in [5.41, 5.74) is 1.99. The fourth-order valence-corrected chi connectivity index (χ4v) is 3.02. The molecule has 1 saturated heterocycles. The highest BCUT2D eigenvalue weighted by Crippen LogP contribution is 2.21. The molecule has 1 aliphatic rings. The second kappa shape index (κ2) is 8.51. The minimum Gasteiger partial charge on any atom is -0.465 e. The molecule has 0 spiro atoms. The molecular formula is C20H22N4O4. The summed E-state index contributed by atoms with van der Waals surface area (Å²) in [6.45, 7) is 3.58. The van der Waals surface area contributed by atoms with E-state index in [9.17, 15) is 14.4 Å². The summed E-state index contributed by atoms with van der Waals surface area (Å²) in [4.78, 5) is 43.5. The number of methoxy groups -OCH3 is 1. The lowest BCUT2D eigenvalue weighted by molar-refractivity contribution is -0.130. The van der Waals surface area contributed by atoms with Crippen molar-refractivity contribution in [1.82, 2.24) is 14.8 Å². The smallest absolute Gasteiger partial charge is 0.339 e. The molecule has 2 amide bonds. The van der Waals surface area contributed by atoms with E-state index in [4.69, 9.17) is 4.74 Å². The largest absolute Gasteiger partial charge is 0.465 e. The Labute approximate surface area is 163 Å². The fraction of sp³-hybridized carbons (Fsp3) is 0.300. The number of nitrogens with one attached hydrogen (secondary N) is 1. The van der Waals surface area contributed by atoms with Gasteiger partial charge in [-0.3, -0.25) is 9.59 Å². The molecule has 0 aliphatic carbocycles. The minimum absolute atomic E-state index is 0.0212. The SMILES string of the molecule is COC(=O)c1ccccc1Nc1ccc(C(=O)N2CCN(C(C)=O)CC2)nc1. The average molecular weight is 382 g/mol. The maximum absolute atomic E-state index is 12.6. The highest BCUT2D eigenvalue weighted by Gasteiger charge is 2.24. The number of benzene rings is 1. The van der Waals surface area contributed by atoms with Gasteiger partial charge in [0, 0.05) is 33.1 Å². The zero-order valence-electron chi connectivity index (χ0n) is 15.8. The number of para-hydroxylation sites is 1. The van der Waals surface area contributed by atoms with Crippen molar-refractivity contribution in [3.05, 3.63) is 53.9 Å². The molecule has 2 heterocycles. The van der Waals surface area contributed by atoms with E-state index in [0.29, 0.717) is 48.8 Å². The number of aromatic nitrogens is 1. The third-order valence-corrected chi connectivity index (χ3v) is 4.61. The van der Waals surface area contributed by atoms with E-state index >= 15 is 0 Å². The van der Waals surface area contributed by atoms with Crippen molar-refractivity contribution in [2.75, 3.05) is 38.6 Å². The average Bonchev–Trinajstić information content (AvgIpc) is 2.73. The van der Waals surface area contributed by atoms with Crippen LogP contribution in [0.25, 0.3) is 0 Å². The molecular weight excluding hydrogens is 360 g/mol. The van der Waals surface area contributed by atoms with E-state index < -0.39 is 5.97 Å². The number of hydrogen-bond donors (Lipinski definition) is 1. The third kappa shape index (κ3) is 4.28. The first-order valence-electron chi connectivity index (χ1n) is 8.95. The van der Waals surface area contributed by atoms with Crippen LogP contribution < -0.4 is 5.32 Å².